The molecular formula is C5H9ClO2S. The lowest BCUT2D eigenvalue weighted by atomic mass is 10.5. The SMILES string of the molecule is COC(=O)CCSCCl. The van der Waals surface area contributed by atoms with Crippen LogP contribution in [0.1, 0.15) is 6.42 Å². The molecule has 0 N–H and O–H groups in total. The van der Waals surface area contributed by atoms with E-state index in [-0.39, 0.29) is 5.97 Å². The molecular weight excluding hydrogens is 160 g/mol. The molecule has 0 amide bonds. The molecule has 0 aromatic rings. The van der Waals surface area contributed by atoms with Gasteiger partial charge >= 0.3 is 5.97 Å². The molecule has 0 rings (SSSR count). The number of methoxy groups -OCH3 is 1. The molecule has 0 saturated carbocycles. The Morgan fingerprint density at radius 3 is 2.89 bits per heavy atom. The number of carbonyl (C=O) groups excluding carboxylic acids is 1. The Morgan fingerprint density at radius 1 is 1.78 bits per heavy atom. The van der Waals surface area contributed by atoms with E-state index in [0.29, 0.717) is 11.6 Å². The summed E-state index contributed by atoms with van der Waals surface area (Å²) in [5.74, 6) is 0.573. The number of hydrogen-bond donors (Lipinski definition) is 0. The first-order valence-electron chi connectivity index (χ1n) is 2.51. The maximum Gasteiger partial charge on any atom is 0.306 e. The van der Waals surface area contributed by atoms with Gasteiger partial charge in [0.1, 0.15) is 0 Å². The second-order valence-electron chi connectivity index (χ2n) is 1.34. The van der Waals surface area contributed by atoms with Gasteiger partial charge in [-0.25, -0.2) is 0 Å². The highest BCUT2D eigenvalue weighted by Crippen LogP contribution is 2.03. The van der Waals surface area contributed by atoms with E-state index in [1.54, 1.807) is 0 Å². The van der Waals surface area contributed by atoms with Crippen LogP contribution in [-0.4, -0.2) is 24.0 Å². The topological polar surface area (TPSA) is 26.3 Å². The standard InChI is InChI=1S/C5H9ClO2S/c1-8-5(7)2-3-9-4-6/h2-4H2,1H3. The van der Waals surface area contributed by atoms with Crippen LogP contribution >= 0.6 is 23.4 Å². The summed E-state index contributed by atoms with van der Waals surface area (Å²) in [7, 11) is 1.38. The lowest BCUT2D eigenvalue weighted by molar-refractivity contribution is -0.140. The van der Waals surface area contributed by atoms with Crippen LogP contribution in [0, 0.1) is 0 Å². The Bertz CT molecular complexity index is 87.0. The molecule has 0 aromatic heterocycles. The van der Waals surface area contributed by atoms with Crippen LogP contribution in [0.3, 0.4) is 0 Å². The molecule has 0 bridgehead atoms. The van der Waals surface area contributed by atoms with E-state index in [1.165, 1.54) is 18.9 Å². The average molecular weight is 169 g/mol. The molecule has 0 aliphatic rings. The van der Waals surface area contributed by atoms with Crippen molar-refractivity contribution in [1.82, 2.24) is 0 Å². The fourth-order valence-corrected chi connectivity index (χ4v) is 1.06. The van der Waals surface area contributed by atoms with Crippen LogP contribution in [-0.2, 0) is 9.53 Å². The Morgan fingerprint density at radius 2 is 2.44 bits per heavy atom. The van der Waals surface area contributed by atoms with Gasteiger partial charge in [-0.3, -0.25) is 4.79 Å². The summed E-state index contributed by atoms with van der Waals surface area (Å²) in [4.78, 5) is 10.4. The van der Waals surface area contributed by atoms with E-state index in [0.717, 1.165) is 5.75 Å². The smallest absolute Gasteiger partial charge is 0.306 e. The van der Waals surface area contributed by atoms with Gasteiger partial charge in [-0.15, -0.1) is 23.4 Å². The van der Waals surface area contributed by atoms with Crippen LogP contribution in [0.4, 0.5) is 0 Å². The fraction of sp³-hybridized carbons (Fsp3) is 0.800. The Hall–Kier alpha value is 0.110. The summed E-state index contributed by atoms with van der Waals surface area (Å²) in [6.07, 6.45) is 0.452. The van der Waals surface area contributed by atoms with E-state index in [9.17, 15) is 4.79 Å². The highest BCUT2D eigenvalue weighted by atomic mass is 35.5. The average Bonchev–Trinajstić information content (AvgIpc) is 1.89. The molecule has 0 heterocycles. The molecule has 0 saturated heterocycles. The minimum absolute atomic E-state index is 0.174. The summed E-state index contributed by atoms with van der Waals surface area (Å²) < 4.78 is 4.40. The third kappa shape index (κ3) is 5.99. The zero-order valence-corrected chi connectivity index (χ0v) is 6.80. The number of carbonyl (C=O) groups is 1. The molecule has 0 atom stereocenters. The summed E-state index contributed by atoms with van der Waals surface area (Å²) in [5.41, 5.74) is 0. The fourth-order valence-electron chi connectivity index (χ4n) is 0.312. The van der Waals surface area contributed by atoms with Crippen molar-refractivity contribution in [3.05, 3.63) is 0 Å². The van der Waals surface area contributed by atoms with Crippen molar-refractivity contribution in [3.8, 4) is 0 Å². The van der Waals surface area contributed by atoms with E-state index in [1.807, 2.05) is 0 Å². The van der Waals surface area contributed by atoms with Crippen molar-refractivity contribution >= 4 is 29.3 Å². The van der Waals surface area contributed by atoms with Crippen LogP contribution in [0.5, 0.6) is 0 Å². The lowest BCUT2D eigenvalue weighted by Crippen LogP contribution is -2.00. The normalized spacial score (nSPS) is 9.11. The molecule has 4 heteroatoms. The number of hydrogen-bond acceptors (Lipinski definition) is 3. The van der Waals surface area contributed by atoms with Gasteiger partial charge in [0.15, 0.2) is 0 Å². The second-order valence-corrected chi connectivity index (χ2v) is 3.03. The number of halogens is 1. The molecule has 0 spiro atoms. The molecule has 0 radical (unpaired) electrons. The second kappa shape index (κ2) is 6.23. The summed E-state index contributed by atoms with van der Waals surface area (Å²) in [5, 5.41) is 0.539. The first-order chi connectivity index (χ1) is 4.31. The van der Waals surface area contributed by atoms with E-state index < -0.39 is 0 Å². The Labute approximate surface area is 63.9 Å². The van der Waals surface area contributed by atoms with Crippen LogP contribution in [0.25, 0.3) is 0 Å². The molecule has 0 unspecified atom stereocenters. The number of rotatable bonds is 4. The molecule has 0 aliphatic carbocycles. The monoisotopic (exact) mass is 168 g/mol. The van der Waals surface area contributed by atoms with Crippen LogP contribution in [0.15, 0.2) is 0 Å². The third-order valence-corrected chi connectivity index (χ3v) is 1.87. The van der Waals surface area contributed by atoms with E-state index >= 15 is 0 Å². The van der Waals surface area contributed by atoms with Crippen molar-refractivity contribution in [2.24, 2.45) is 0 Å². The lowest BCUT2D eigenvalue weighted by Gasteiger charge is -1.95. The molecule has 0 fully saturated rings. The first-order valence-corrected chi connectivity index (χ1v) is 4.20. The molecule has 0 aromatic carbocycles. The predicted molar refractivity (Wildman–Crippen MR) is 39.8 cm³/mol. The minimum Gasteiger partial charge on any atom is -0.469 e. The predicted octanol–water partition coefficient (Wildman–Crippen LogP) is 1.48. The van der Waals surface area contributed by atoms with Gasteiger partial charge in [0.2, 0.25) is 0 Å². The van der Waals surface area contributed by atoms with Crippen molar-refractivity contribution in [3.63, 3.8) is 0 Å². The van der Waals surface area contributed by atoms with E-state index in [4.69, 9.17) is 11.6 Å². The highest BCUT2D eigenvalue weighted by Gasteiger charge is 1.97. The molecule has 9 heavy (non-hydrogen) atoms. The van der Waals surface area contributed by atoms with Gasteiger partial charge in [0.05, 0.1) is 18.7 Å². The summed E-state index contributed by atoms with van der Waals surface area (Å²) in [6, 6.07) is 0. The Balaban J connectivity index is 2.97. The quantitative estimate of drug-likeness (QED) is 0.362. The van der Waals surface area contributed by atoms with Crippen LogP contribution in [0.2, 0.25) is 0 Å². The zero-order valence-electron chi connectivity index (χ0n) is 5.22. The van der Waals surface area contributed by atoms with E-state index in [2.05, 4.69) is 4.74 Å². The Kier molecular flexibility index (Phi) is 6.31. The largest absolute Gasteiger partial charge is 0.469 e. The van der Waals surface area contributed by atoms with Crippen molar-refractivity contribution in [1.29, 1.82) is 0 Å². The van der Waals surface area contributed by atoms with Gasteiger partial charge in [-0.05, 0) is 0 Å². The third-order valence-electron chi connectivity index (χ3n) is 0.755. The molecule has 0 aliphatic heterocycles. The van der Waals surface area contributed by atoms with Crippen molar-refractivity contribution < 1.29 is 9.53 Å². The molecule has 2 nitrogen and oxygen atoms in total. The maximum absolute atomic E-state index is 10.4. The van der Waals surface area contributed by atoms with Gasteiger partial charge in [0.25, 0.3) is 0 Å². The van der Waals surface area contributed by atoms with Gasteiger partial charge in [0, 0.05) is 5.75 Å². The minimum atomic E-state index is -0.174. The summed E-state index contributed by atoms with van der Waals surface area (Å²) in [6.45, 7) is 0. The highest BCUT2D eigenvalue weighted by molar-refractivity contribution is 8.00. The number of thioether (sulfide) groups is 1. The number of alkyl halides is 1. The zero-order chi connectivity index (χ0) is 7.11. The summed E-state index contributed by atoms with van der Waals surface area (Å²) >= 11 is 6.86. The van der Waals surface area contributed by atoms with Gasteiger partial charge in [-0.1, -0.05) is 0 Å². The first kappa shape index (κ1) is 9.11. The molecule has 54 valence electrons. The number of esters is 1. The van der Waals surface area contributed by atoms with Gasteiger partial charge < -0.3 is 4.74 Å². The number of ether oxygens (including phenoxy) is 1. The van der Waals surface area contributed by atoms with Crippen LogP contribution < -0.4 is 0 Å². The van der Waals surface area contributed by atoms with Crippen molar-refractivity contribution in [2.45, 2.75) is 6.42 Å². The van der Waals surface area contributed by atoms with Crippen molar-refractivity contribution in [2.75, 3.05) is 18.1 Å². The van der Waals surface area contributed by atoms with Gasteiger partial charge in [-0.2, -0.15) is 0 Å². The maximum atomic E-state index is 10.4.